The molecule has 0 aromatic carbocycles. The third-order valence-corrected chi connectivity index (χ3v) is 5.59. The maximum absolute atomic E-state index is 6.28. The lowest BCUT2D eigenvalue weighted by molar-refractivity contribution is -0.00814. The second-order valence-corrected chi connectivity index (χ2v) is 6.44. The lowest BCUT2D eigenvalue weighted by Gasteiger charge is -2.51. The van der Waals surface area contributed by atoms with E-state index in [4.69, 9.17) is 5.73 Å². The number of piperidine rings is 1. The van der Waals surface area contributed by atoms with Crippen LogP contribution in [0.4, 0.5) is 0 Å². The van der Waals surface area contributed by atoms with E-state index >= 15 is 0 Å². The third-order valence-electron chi connectivity index (χ3n) is 5.59. The summed E-state index contributed by atoms with van der Waals surface area (Å²) in [7, 11) is 0. The van der Waals surface area contributed by atoms with Crippen LogP contribution in [-0.4, -0.2) is 29.6 Å². The molecular formula is C16H32N2. The topological polar surface area (TPSA) is 29.3 Å². The first kappa shape index (κ1) is 14.3. The molecule has 3 atom stereocenters. The van der Waals surface area contributed by atoms with Crippen molar-refractivity contribution in [2.75, 3.05) is 13.1 Å². The van der Waals surface area contributed by atoms with Gasteiger partial charge in [-0.2, -0.15) is 0 Å². The van der Waals surface area contributed by atoms with E-state index in [-0.39, 0.29) is 0 Å². The highest BCUT2D eigenvalue weighted by Gasteiger charge is 2.47. The van der Waals surface area contributed by atoms with Crippen LogP contribution in [0.5, 0.6) is 0 Å². The number of hydrogen-bond donors (Lipinski definition) is 1. The van der Waals surface area contributed by atoms with Crippen molar-refractivity contribution in [3.05, 3.63) is 0 Å². The van der Waals surface area contributed by atoms with E-state index in [9.17, 15) is 0 Å². The zero-order chi connectivity index (χ0) is 13.0. The monoisotopic (exact) mass is 252 g/mol. The molecule has 1 aliphatic heterocycles. The zero-order valence-corrected chi connectivity index (χ0v) is 12.5. The molecule has 1 saturated heterocycles. The number of likely N-dealkylation sites (tertiary alicyclic amines) is 1. The minimum Gasteiger partial charge on any atom is -0.329 e. The van der Waals surface area contributed by atoms with E-state index in [1.165, 1.54) is 64.3 Å². The summed E-state index contributed by atoms with van der Waals surface area (Å²) in [6.45, 7) is 6.87. The van der Waals surface area contributed by atoms with Gasteiger partial charge < -0.3 is 5.73 Å². The van der Waals surface area contributed by atoms with Gasteiger partial charge in [0.2, 0.25) is 0 Å². The van der Waals surface area contributed by atoms with Gasteiger partial charge >= 0.3 is 0 Å². The van der Waals surface area contributed by atoms with Crippen LogP contribution in [0.15, 0.2) is 0 Å². The Morgan fingerprint density at radius 1 is 1.17 bits per heavy atom. The molecule has 2 rings (SSSR count). The molecule has 2 fully saturated rings. The lowest BCUT2D eigenvalue weighted by Crippen LogP contribution is -2.61. The van der Waals surface area contributed by atoms with Crippen molar-refractivity contribution in [3.8, 4) is 0 Å². The van der Waals surface area contributed by atoms with Gasteiger partial charge in [-0.25, -0.2) is 0 Å². The van der Waals surface area contributed by atoms with Crippen molar-refractivity contribution in [2.45, 2.75) is 83.2 Å². The van der Waals surface area contributed by atoms with E-state index in [0.717, 1.165) is 18.5 Å². The Labute approximate surface area is 113 Å². The zero-order valence-electron chi connectivity index (χ0n) is 12.5. The normalized spacial score (nSPS) is 38.2. The first-order valence-electron chi connectivity index (χ1n) is 8.25. The van der Waals surface area contributed by atoms with Crippen molar-refractivity contribution in [1.29, 1.82) is 0 Å². The van der Waals surface area contributed by atoms with Crippen LogP contribution in [0.3, 0.4) is 0 Å². The van der Waals surface area contributed by atoms with Crippen molar-refractivity contribution in [2.24, 2.45) is 11.7 Å². The van der Waals surface area contributed by atoms with E-state index in [1.54, 1.807) is 0 Å². The molecule has 2 N–H and O–H groups in total. The fraction of sp³-hybridized carbons (Fsp3) is 1.00. The van der Waals surface area contributed by atoms with Crippen molar-refractivity contribution >= 4 is 0 Å². The molecule has 0 spiro atoms. The molecule has 0 aromatic rings. The van der Waals surface area contributed by atoms with Gasteiger partial charge in [0.15, 0.2) is 0 Å². The van der Waals surface area contributed by atoms with Crippen molar-refractivity contribution in [1.82, 2.24) is 4.90 Å². The van der Waals surface area contributed by atoms with Crippen LogP contribution in [0.25, 0.3) is 0 Å². The number of hydrogen-bond acceptors (Lipinski definition) is 2. The maximum Gasteiger partial charge on any atom is 0.0362 e. The standard InChI is InChI=1S/C16H32N2/c1-3-8-15-10-5-6-12-18(15)16(13-17)11-7-9-14(16)4-2/h14-15H,3-13,17H2,1-2H3. The summed E-state index contributed by atoms with van der Waals surface area (Å²) in [4.78, 5) is 2.86. The van der Waals surface area contributed by atoms with Gasteiger partial charge in [-0.15, -0.1) is 0 Å². The number of nitrogens with zero attached hydrogens (tertiary/aromatic N) is 1. The smallest absolute Gasteiger partial charge is 0.0362 e. The van der Waals surface area contributed by atoms with Gasteiger partial charge in [0.1, 0.15) is 0 Å². The molecule has 1 aliphatic carbocycles. The highest BCUT2D eigenvalue weighted by molar-refractivity contribution is 5.04. The number of rotatable bonds is 5. The average molecular weight is 252 g/mol. The average Bonchev–Trinajstić information content (AvgIpc) is 2.83. The molecule has 2 nitrogen and oxygen atoms in total. The summed E-state index contributed by atoms with van der Waals surface area (Å²) in [6, 6.07) is 0.819. The molecule has 0 amide bonds. The Morgan fingerprint density at radius 3 is 2.67 bits per heavy atom. The number of nitrogens with two attached hydrogens (primary N) is 1. The van der Waals surface area contributed by atoms with Crippen molar-refractivity contribution < 1.29 is 0 Å². The van der Waals surface area contributed by atoms with Crippen LogP contribution in [0.1, 0.15) is 71.6 Å². The minimum atomic E-state index is 0.356. The molecule has 0 bridgehead atoms. The first-order chi connectivity index (χ1) is 8.78. The molecule has 0 aromatic heterocycles. The van der Waals surface area contributed by atoms with Crippen LogP contribution in [-0.2, 0) is 0 Å². The summed E-state index contributed by atoms with van der Waals surface area (Å²) in [5, 5.41) is 0. The van der Waals surface area contributed by atoms with E-state index in [2.05, 4.69) is 18.7 Å². The summed E-state index contributed by atoms with van der Waals surface area (Å²) < 4.78 is 0. The van der Waals surface area contributed by atoms with Crippen molar-refractivity contribution in [3.63, 3.8) is 0 Å². The minimum absolute atomic E-state index is 0.356. The Balaban J connectivity index is 2.18. The van der Waals surface area contributed by atoms with E-state index < -0.39 is 0 Å². The van der Waals surface area contributed by atoms with Crippen LogP contribution in [0, 0.1) is 5.92 Å². The molecular weight excluding hydrogens is 220 g/mol. The third kappa shape index (κ3) is 2.46. The summed E-state index contributed by atoms with van der Waals surface area (Å²) in [5.41, 5.74) is 6.64. The van der Waals surface area contributed by atoms with Gasteiger partial charge in [-0.3, -0.25) is 4.90 Å². The van der Waals surface area contributed by atoms with Crippen LogP contribution < -0.4 is 5.73 Å². The van der Waals surface area contributed by atoms with Gasteiger partial charge in [-0.05, 0) is 44.6 Å². The summed E-state index contributed by atoms with van der Waals surface area (Å²) in [6.07, 6.45) is 12.4. The van der Waals surface area contributed by atoms with Gasteiger partial charge in [0, 0.05) is 18.1 Å². The Kier molecular flexibility index (Phi) is 5.08. The van der Waals surface area contributed by atoms with Gasteiger partial charge in [0.25, 0.3) is 0 Å². The molecule has 2 heteroatoms. The molecule has 2 aliphatic rings. The molecule has 106 valence electrons. The van der Waals surface area contributed by atoms with E-state index in [1.807, 2.05) is 0 Å². The fourth-order valence-electron chi connectivity index (χ4n) is 4.70. The second-order valence-electron chi connectivity index (χ2n) is 6.44. The molecule has 3 unspecified atom stereocenters. The summed E-state index contributed by atoms with van der Waals surface area (Å²) >= 11 is 0. The van der Waals surface area contributed by atoms with Crippen LogP contribution >= 0.6 is 0 Å². The molecule has 0 radical (unpaired) electrons. The molecule has 18 heavy (non-hydrogen) atoms. The largest absolute Gasteiger partial charge is 0.329 e. The molecule has 1 saturated carbocycles. The fourth-order valence-corrected chi connectivity index (χ4v) is 4.70. The predicted molar refractivity (Wildman–Crippen MR) is 78.7 cm³/mol. The van der Waals surface area contributed by atoms with Crippen LogP contribution in [0.2, 0.25) is 0 Å². The Hall–Kier alpha value is -0.0800. The maximum atomic E-state index is 6.28. The quantitative estimate of drug-likeness (QED) is 0.811. The second kappa shape index (κ2) is 6.38. The Morgan fingerprint density at radius 2 is 2.00 bits per heavy atom. The highest BCUT2D eigenvalue weighted by Crippen LogP contribution is 2.44. The predicted octanol–water partition coefficient (Wildman–Crippen LogP) is 3.55. The molecule has 1 heterocycles. The van der Waals surface area contributed by atoms with E-state index in [0.29, 0.717) is 5.54 Å². The summed E-state index contributed by atoms with van der Waals surface area (Å²) in [5.74, 6) is 0.847. The Bertz CT molecular complexity index is 251. The lowest BCUT2D eigenvalue weighted by atomic mass is 9.80. The first-order valence-corrected chi connectivity index (χ1v) is 8.25. The highest BCUT2D eigenvalue weighted by atomic mass is 15.2. The SMILES string of the molecule is CCCC1CCCCN1C1(CN)CCCC1CC. The van der Waals surface area contributed by atoms with Gasteiger partial charge in [0.05, 0.1) is 0 Å². The van der Waals surface area contributed by atoms with Gasteiger partial charge in [-0.1, -0.05) is 39.5 Å².